The number of rotatable bonds is 5. The monoisotopic (exact) mass is 277 g/mol. The van der Waals surface area contributed by atoms with Gasteiger partial charge < -0.3 is 0 Å². The number of Topliss-reactive ketones (excluding diaryl/α,β-unsaturated/α-hetero) is 1. The first kappa shape index (κ1) is 13.2. The molecule has 0 bridgehead atoms. The fraction of sp³-hybridized carbons (Fsp3) is 0.118. The zero-order chi connectivity index (χ0) is 14.5. The maximum atomic E-state index is 12.2. The quantitative estimate of drug-likeness (QED) is 0.780. The minimum absolute atomic E-state index is 0.156. The average Bonchev–Trinajstić information content (AvgIpc) is 2.97. The van der Waals surface area contributed by atoms with E-state index in [2.05, 4.69) is 15.2 Å². The highest BCUT2D eigenvalue weighted by Gasteiger charge is 2.12. The second-order valence-electron chi connectivity index (χ2n) is 4.86. The lowest BCUT2D eigenvalue weighted by atomic mass is 10.0. The molecule has 0 saturated carbocycles. The number of ketones is 1. The topological polar surface area (TPSA) is 58.6 Å². The number of H-pyrrole nitrogens is 1. The number of carbonyl (C=O) groups excluding carboxylic acids is 1. The van der Waals surface area contributed by atoms with Gasteiger partial charge in [0.2, 0.25) is 0 Å². The smallest absolute Gasteiger partial charge is 0.143 e. The average molecular weight is 277 g/mol. The predicted molar refractivity (Wildman–Crippen MR) is 80.7 cm³/mol. The van der Waals surface area contributed by atoms with Gasteiger partial charge in [-0.15, -0.1) is 0 Å². The molecule has 0 spiro atoms. The summed E-state index contributed by atoms with van der Waals surface area (Å²) in [6, 6.07) is 13.6. The van der Waals surface area contributed by atoms with Crippen molar-refractivity contribution in [2.75, 3.05) is 0 Å². The van der Waals surface area contributed by atoms with Gasteiger partial charge >= 0.3 is 0 Å². The Kier molecular flexibility index (Phi) is 3.87. The molecule has 21 heavy (non-hydrogen) atoms. The van der Waals surface area contributed by atoms with Crippen molar-refractivity contribution in [3.8, 4) is 11.1 Å². The molecule has 3 rings (SSSR count). The van der Waals surface area contributed by atoms with Crippen molar-refractivity contribution in [2.24, 2.45) is 0 Å². The largest absolute Gasteiger partial charge is 0.299 e. The molecule has 1 N–H and O–H groups in total. The maximum absolute atomic E-state index is 12.2. The SMILES string of the molecule is O=C(Cc1ccccc1)Cc1n[nH]cc1-c1ccncc1. The molecule has 4 nitrogen and oxygen atoms in total. The van der Waals surface area contributed by atoms with Crippen LogP contribution in [0.5, 0.6) is 0 Å². The van der Waals surface area contributed by atoms with Gasteiger partial charge in [0.1, 0.15) is 5.78 Å². The van der Waals surface area contributed by atoms with Crippen LogP contribution in [-0.2, 0) is 17.6 Å². The summed E-state index contributed by atoms with van der Waals surface area (Å²) < 4.78 is 0. The molecule has 4 heteroatoms. The molecular weight excluding hydrogens is 262 g/mol. The van der Waals surface area contributed by atoms with Gasteiger partial charge in [0, 0.05) is 30.6 Å². The number of pyridine rings is 1. The summed E-state index contributed by atoms with van der Waals surface area (Å²) in [5.74, 6) is 0.156. The van der Waals surface area contributed by atoms with Crippen LogP contribution in [0.1, 0.15) is 11.3 Å². The second-order valence-corrected chi connectivity index (χ2v) is 4.86. The fourth-order valence-electron chi connectivity index (χ4n) is 2.31. The minimum atomic E-state index is 0.156. The number of aromatic nitrogens is 3. The third-order valence-electron chi connectivity index (χ3n) is 3.32. The van der Waals surface area contributed by atoms with Crippen molar-refractivity contribution >= 4 is 5.78 Å². The number of carbonyl (C=O) groups is 1. The van der Waals surface area contributed by atoms with Crippen LogP contribution in [0.4, 0.5) is 0 Å². The van der Waals surface area contributed by atoms with Crippen LogP contribution in [0.25, 0.3) is 11.1 Å². The van der Waals surface area contributed by atoms with Crippen LogP contribution in [0.3, 0.4) is 0 Å². The number of nitrogens with zero attached hydrogens (tertiary/aromatic N) is 2. The van der Waals surface area contributed by atoms with Gasteiger partial charge in [-0.3, -0.25) is 14.9 Å². The van der Waals surface area contributed by atoms with Crippen LogP contribution in [0, 0.1) is 0 Å². The molecule has 2 heterocycles. The summed E-state index contributed by atoms with van der Waals surface area (Å²) in [4.78, 5) is 16.2. The predicted octanol–water partition coefficient (Wildman–Crippen LogP) is 2.83. The normalized spacial score (nSPS) is 10.5. The second kappa shape index (κ2) is 6.13. The Morgan fingerprint density at radius 2 is 1.76 bits per heavy atom. The number of benzene rings is 1. The Morgan fingerprint density at radius 3 is 2.52 bits per heavy atom. The van der Waals surface area contributed by atoms with Crippen LogP contribution in [-0.4, -0.2) is 21.0 Å². The van der Waals surface area contributed by atoms with E-state index in [1.165, 1.54) is 0 Å². The molecule has 0 aliphatic carbocycles. The number of hydrogen-bond donors (Lipinski definition) is 1. The van der Waals surface area contributed by atoms with Crippen LogP contribution >= 0.6 is 0 Å². The van der Waals surface area contributed by atoms with E-state index >= 15 is 0 Å². The zero-order valence-electron chi connectivity index (χ0n) is 11.5. The Morgan fingerprint density at radius 1 is 1.00 bits per heavy atom. The molecule has 104 valence electrons. The van der Waals surface area contributed by atoms with Crippen LogP contribution < -0.4 is 0 Å². The van der Waals surface area contributed by atoms with Crippen molar-refractivity contribution in [3.63, 3.8) is 0 Å². The first-order chi connectivity index (χ1) is 10.3. The first-order valence-electron chi connectivity index (χ1n) is 6.81. The lowest BCUT2D eigenvalue weighted by molar-refractivity contribution is -0.117. The van der Waals surface area contributed by atoms with Gasteiger partial charge in [-0.25, -0.2) is 0 Å². The standard InChI is InChI=1S/C17H15N3O/c21-15(10-13-4-2-1-3-5-13)11-17-16(12-19-20-17)14-6-8-18-9-7-14/h1-9,12H,10-11H2,(H,19,20). The van der Waals surface area contributed by atoms with E-state index in [9.17, 15) is 4.79 Å². The third kappa shape index (κ3) is 3.23. The molecule has 0 radical (unpaired) electrons. The Labute approximate surface area is 122 Å². The summed E-state index contributed by atoms with van der Waals surface area (Å²) in [5, 5.41) is 7.05. The Bertz CT molecular complexity index is 720. The molecule has 1 aromatic carbocycles. The number of hydrogen-bond acceptors (Lipinski definition) is 3. The van der Waals surface area contributed by atoms with Crippen LogP contribution in [0.15, 0.2) is 61.1 Å². The van der Waals surface area contributed by atoms with Crippen molar-refractivity contribution in [2.45, 2.75) is 12.8 Å². The van der Waals surface area contributed by atoms with E-state index in [4.69, 9.17) is 0 Å². The van der Waals surface area contributed by atoms with E-state index in [1.807, 2.05) is 48.7 Å². The zero-order valence-corrected chi connectivity index (χ0v) is 11.5. The summed E-state index contributed by atoms with van der Waals surface area (Å²) in [6.45, 7) is 0. The maximum Gasteiger partial charge on any atom is 0.143 e. The van der Waals surface area contributed by atoms with Gasteiger partial charge in [-0.1, -0.05) is 30.3 Å². The molecule has 0 aliphatic rings. The number of aromatic amines is 1. The van der Waals surface area contributed by atoms with Gasteiger partial charge in [-0.05, 0) is 23.3 Å². The summed E-state index contributed by atoms with van der Waals surface area (Å²) in [5.41, 5.74) is 3.78. The first-order valence-corrected chi connectivity index (χ1v) is 6.81. The summed E-state index contributed by atoms with van der Waals surface area (Å²) in [7, 11) is 0. The molecule has 0 aliphatic heterocycles. The summed E-state index contributed by atoms with van der Waals surface area (Å²) in [6.07, 6.45) is 6.05. The van der Waals surface area contributed by atoms with Gasteiger partial charge in [0.05, 0.1) is 12.1 Å². The molecule has 2 aromatic heterocycles. The summed E-state index contributed by atoms with van der Waals surface area (Å²) >= 11 is 0. The van der Waals surface area contributed by atoms with Crippen LogP contribution in [0.2, 0.25) is 0 Å². The van der Waals surface area contributed by atoms with E-state index in [0.717, 1.165) is 22.4 Å². The molecule has 0 unspecified atom stereocenters. The van der Waals surface area contributed by atoms with Crippen molar-refractivity contribution in [1.82, 2.24) is 15.2 Å². The van der Waals surface area contributed by atoms with Crippen molar-refractivity contribution in [1.29, 1.82) is 0 Å². The highest BCUT2D eigenvalue weighted by atomic mass is 16.1. The van der Waals surface area contributed by atoms with E-state index in [1.54, 1.807) is 12.4 Å². The molecule has 3 aromatic rings. The lowest BCUT2D eigenvalue weighted by Crippen LogP contribution is -2.07. The molecular formula is C17H15N3O. The molecule has 0 fully saturated rings. The van der Waals surface area contributed by atoms with Crippen molar-refractivity contribution < 1.29 is 4.79 Å². The van der Waals surface area contributed by atoms with Gasteiger partial charge in [0.25, 0.3) is 0 Å². The molecule has 0 amide bonds. The number of nitrogens with one attached hydrogen (secondary N) is 1. The Hall–Kier alpha value is -2.75. The fourth-order valence-corrected chi connectivity index (χ4v) is 2.31. The van der Waals surface area contributed by atoms with Crippen molar-refractivity contribution in [3.05, 3.63) is 72.3 Å². The molecule has 0 atom stereocenters. The highest BCUT2D eigenvalue weighted by Crippen LogP contribution is 2.21. The molecule has 0 saturated heterocycles. The minimum Gasteiger partial charge on any atom is -0.299 e. The highest BCUT2D eigenvalue weighted by molar-refractivity contribution is 5.84. The van der Waals surface area contributed by atoms with E-state index in [0.29, 0.717) is 12.8 Å². The Balaban J connectivity index is 1.74. The van der Waals surface area contributed by atoms with Gasteiger partial charge in [-0.2, -0.15) is 5.10 Å². The lowest BCUT2D eigenvalue weighted by Gasteiger charge is -2.03. The van der Waals surface area contributed by atoms with Gasteiger partial charge in [0.15, 0.2) is 0 Å². The third-order valence-corrected chi connectivity index (χ3v) is 3.32. The van der Waals surface area contributed by atoms with E-state index in [-0.39, 0.29) is 5.78 Å². The van der Waals surface area contributed by atoms with E-state index < -0.39 is 0 Å².